The third-order valence-corrected chi connectivity index (χ3v) is 4.34. The van der Waals surface area contributed by atoms with Gasteiger partial charge in [0, 0.05) is 17.6 Å². The molecule has 1 aromatic carbocycles. The number of nitrogens with one attached hydrogen (secondary N) is 1. The van der Waals surface area contributed by atoms with Crippen molar-refractivity contribution in [2.24, 2.45) is 5.92 Å². The lowest BCUT2D eigenvalue weighted by Crippen LogP contribution is -2.35. The van der Waals surface area contributed by atoms with Crippen molar-refractivity contribution in [2.75, 3.05) is 13.1 Å². The van der Waals surface area contributed by atoms with Crippen molar-refractivity contribution < 1.29 is 10.2 Å². The molecule has 0 bridgehead atoms. The molecule has 0 saturated heterocycles. The lowest BCUT2D eigenvalue weighted by molar-refractivity contribution is 0.0669. The van der Waals surface area contributed by atoms with Crippen LogP contribution in [-0.2, 0) is 0 Å². The van der Waals surface area contributed by atoms with Crippen LogP contribution in [0.25, 0.3) is 0 Å². The minimum atomic E-state index is -0.502. The fourth-order valence-electron chi connectivity index (χ4n) is 2.66. The average molecular weight is 328 g/mol. The summed E-state index contributed by atoms with van der Waals surface area (Å²) < 4.78 is 0.978. The standard InChI is InChI=1S/C15H22BrNO2/c16-13-6-3-5-11(8-13)15(19)10-17-9-12-4-1-2-7-14(12)18/h3,5-6,8,12,14-15,17-19H,1-2,4,7,9-10H2. The Bertz CT molecular complexity index is 399. The Hall–Kier alpha value is -0.420. The number of hydrogen-bond acceptors (Lipinski definition) is 3. The van der Waals surface area contributed by atoms with Crippen LogP contribution in [0.5, 0.6) is 0 Å². The highest BCUT2D eigenvalue weighted by molar-refractivity contribution is 9.10. The van der Waals surface area contributed by atoms with Gasteiger partial charge in [0.1, 0.15) is 0 Å². The molecule has 4 heteroatoms. The highest BCUT2D eigenvalue weighted by Crippen LogP contribution is 2.24. The largest absolute Gasteiger partial charge is 0.393 e. The maximum Gasteiger partial charge on any atom is 0.0914 e. The van der Waals surface area contributed by atoms with Gasteiger partial charge in [-0.05, 0) is 36.5 Å². The minimum absolute atomic E-state index is 0.177. The molecule has 0 aromatic heterocycles. The molecule has 3 unspecified atom stereocenters. The van der Waals surface area contributed by atoms with E-state index in [-0.39, 0.29) is 6.10 Å². The van der Waals surface area contributed by atoms with Crippen LogP contribution < -0.4 is 5.32 Å². The molecule has 0 radical (unpaired) electrons. The zero-order valence-corrected chi connectivity index (χ0v) is 12.6. The SMILES string of the molecule is OC(CNCC1CCCCC1O)c1cccc(Br)c1. The van der Waals surface area contributed by atoms with Gasteiger partial charge < -0.3 is 15.5 Å². The third kappa shape index (κ3) is 4.56. The monoisotopic (exact) mass is 327 g/mol. The zero-order chi connectivity index (χ0) is 13.7. The third-order valence-electron chi connectivity index (χ3n) is 3.85. The van der Waals surface area contributed by atoms with Crippen LogP contribution in [0.1, 0.15) is 37.4 Å². The van der Waals surface area contributed by atoms with E-state index in [1.54, 1.807) is 0 Å². The topological polar surface area (TPSA) is 52.5 Å². The van der Waals surface area contributed by atoms with Gasteiger partial charge in [-0.3, -0.25) is 0 Å². The maximum atomic E-state index is 10.1. The van der Waals surface area contributed by atoms with E-state index in [1.807, 2.05) is 24.3 Å². The molecule has 0 aliphatic heterocycles. The van der Waals surface area contributed by atoms with Gasteiger partial charge in [0.05, 0.1) is 12.2 Å². The van der Waals surface area contributed by atoms with Gasteiger partial charge in [-0.15, -0.1) is 0 Å². The molecule has 1 fully saturated rings. The summed E-state index contributed by atoms with van der Waals surface area (Å²) in [6.45, 7) is 1.31. The molecule has 3 N–H and O–H groups in total. The lowest BCUT2D eigenvalue weighted by atomic mass is 9.86. The summed E-state index contributed by atoms with van der Waals surface area (Å²) in [6, 6.07) is 7.73. The predicted octanol–water partition coefficient (Wildman–Crippen LogP) is 2.62. The Labute approximate surface area is 123 Å². The van der Waals surface area contributed by atoms with E-state index in [1.165, 1.54) is 6.42 Å². The van der Waals surface area contributed by atoms with E-state index in [2.05, 4.69) is 21.2 Å². The van der Waals surface area contributed by atoms with Crippen molar-refractivity contribution in [3.63, 3.8) is 0 Å². The Morgan fingerprint density at radius 1 is 1.32 bits per heavy atom. The number of hydrogen-bond donors (Lipinski definition) is 3. The first-order valence-electron chi connectivity index (χ1n) is 6.99. The number of aliphatic hydroxyl groups is 2. The molecule has 19 heavy (non-hydrogen) atoms. The van der Waals surface area contributed by atoms with Crippen molar-refractivity contribution in [1.29, 1.82) is 0 Å². The molecule has 1 aliphatic rings. The van der Waals surface area contributed by atoms with Crippen molar-refractivity contribution in [3.8, 4) is 0 Å². The second-order valence-electron chi connectivity index (χ2n) is 5.34. The van der Waals surface area contributed by atoms with Crippen LogP contribution in [0.2, 0.25) is 0 Å². The number of aliphatic hydroxyl groups excluding tert-OH is 2. The lowest BCUT2D eigenvalue weighted by Gasteiger charge is -2.28. The van der Waals surface area contributed by atoms with Crippen LogP contribution in [0.3, 0.4) is 0 Å². The van der Waals surface area contributed by atoms with Crippen LogP contribution in [-0.4, -0.2) is 29.4 Å². The molecule has 3 atom stereocenters. The highest BCUT2D eigenvalue weighted by Gasteiger charge is 2.22. The summed E-state index contributed by atoms with van der Waals surface area (Å²) in [5, 5.41) is 23.3. The molecule has 1 aliphatic carbocycles. The first-order chi connectivity index (χ1) is 9.16. The van der Waals surface area contributed by atoms with E-state index < -0.39 is 6.10 Å². The van der Waals surface area contributed by atoms with Gasteiger partial charge in [-0.1, -0.05) is 40.9 Å². The summed E-state index contributed by atoms with van der Waals surface area (Å²) in [4.78, 5) is 0. The van der Waals surface area contributed by atoms with Crippen LogP contribution >= 0.6 is 15.9 Å². The first-order valence-corrected chi connectivity index (χ1v) is 7.78. The molecular formula is C15H22BrNO2. The van der Waals surface area contributed by atoms with E-state index in [9.17, 15) is 10.2 Å². The van der Waals surface area contributed by atoms with Crippen molar-refractivity contribution >= 4 is 15.9 Å². The van der Waals surface area contributed by atoms with Gasteiger partial charge in [0.25, 0.3) is 0 Å². The highest BCUT2D eigenvalue weighted by atomic mass is 79.9. The van der Waals surface area contributed by atoms with Gasteiger partial charge in [-0.2, -0.15) is 0 Å². The summed E-state index contributed by atoms with van der Waals surface area (Å²) in [5.74, 6) is 0.337. The molecule has 3 nitrogen and oxygen atoms in total. The molecule has 0 amide bonds. The van der Waals surface area contributed by atoms with Gasteiger partial charge in [0.2, 0.25) is 0 Å². The molecule has 1 saturated carbocycles. The average Bonchev–Trinajstić information content (AvgIpc) is 2.41. The second-order valence-corrected chi connectivity index (χ2v) is 6.26. The zero-order valence-electron chi connectivity index (χ0n) is 11.1. The van der Waals surface area contributed by atoms with E-state index >= 15 is 0 Å². The normalized spacial score (nSPS) is 25.2. The van der Waals surface area contributed by atoms with Gasteiger partial charge >= 0.3 is 0 Å². The van der Waals surface area contributed by atoms with Crippen LogP contribution in [0.4, 0.5) is 0 Å². The number of rotatable bonds is 5. The molecular weight excluding hydrogens is 306 g/mol. The molecule has 2 rings (SSSR count). The van der Waals surface area contributed by atoms with Crippen LogP contribution in [0, 0.1) is 5.92 Å². The fourth-order valence-corrected chi connectivity index (χ4v) is 3.08. The Morgan fingerprint density at radius 3 is 2.84 bits per heavy atom. The van der Waals surface area contributed by atoms with Crippen LogP contribution in [0.15, 0.2) is 28.7 Å². The predicted molar refractivity (Wildman–Crippen MR) is 79.9 cm³/mol. The number of benzene rings is 1. The second kappa shape index (κ2) is 7.39. The smallest absolute Gasteiger partial charge is 0.0914 e. The molecule has 1 aromatic rings. The quantitative estimate of drug-likeness (QED) is 0.779. The Morgan fingerprint density at radius 2 is 2.11 bits per heavy atom. The summed E-state index contributed by atoms with van der Waals surface area (Å²) in [6.07, 6.45) is 3.67. The molecule has 0 heterocycles. The summed E-state index contributed by atoms with van der Waals surface area (Å²) in [7, 11) is 0. The fraction of sp³-hybridized carbons (Fsp3) is 0.600. The van der Waals surface area contributed by atoms with Crippen molar-refractivity contribution in [2.45, 2.75) is 37.9 Å². The maximum absolute atomic E-state index is 10.1. The minimum Gasteiger partial charge on any atom is -0.393 e. The van der Waals surface area contributed by atoms with Gasteiger partial charge in [0.15, 0.2) is 0 Å². The van der Waals surface area contributed by atoms with Crippen molar-refractivity contribution in [1.82, 2.24) is 5.32 Å². The molecule has 106 valence electrons. The Kier molecular flexibility index (Phi) is 5.82. The van der Waals surface area contributed by atoms with Gasteiger partial charge in [-0.25, -0.2) is 0 Å². The Balaban J connectivity index is 1.76. The summed E-state index contributed by atoms with van der Waals surface area (Å²) >= 11 is 3.40. The van der Waals surface area contributed by atoms with E-state index in [0.717, 1.165) is 35.8 Å². The summed E-state index contributed by atoms with van der Waals surface area (Å²) in [5.41, 5.74) is 0.908. The van der Waals surface area contributed by atoms with E-state index in [0.29, 0.717) is 12.5 Å². The number of halogens is 1. The first kappa shape index (κ1) is 15.0. The molecule has 0 spiro atoms. The van der Waals surface area contributed by atoms with E-state index in [4.69, 9.17) is 0 Å². The van der Waals surface area contributed by atoms with Crippen molar-refractivity contribution in [3.05, 3.63) is 34.3 Å².